The summed E-state index contributed by atoms with van der Waals surface area (Å²) in [4.78, 5) is 15.5. The van der Waals surface area contributed by atoms with Gasteiger partial charge in [0.25, 0.3) is 5.91 Å². The Labute approximate surface area is 130 Å². The molecule has 0 fully saturated rings. The zero-order chi connectivity index (χ0) is 14.8. The number of thiophene rings is 1. The van der Waals surface area contributed by atoms with Gasteiger partial charge in [-0.25, -0.2) is 0 Å². The quantitative estimate of drug-likeness (QED) is 0.690. The molecule has 3 N–H and O–H groups in total. The van der Waals surface area contributed by atoms with Crippen LogP contribution in [0.15, 0.2) is 42.6 Å². The van der Waals surface area contributed by atoms with Gasteiger partial charge in [-0.1, -0.05) is 29.8 Å². The second-order valence-corrected chi connectivity index (χ2v) is 6.20. The van der Waals surface area contributed by atoms with E-state index in [0.717, 1.165) is 15.0 Å². The van der Waals surface area contributed by atoms with Crippen molar-refractivity contribution >= 4 is 38.9 Å². The molecular weight excluding hydrogens is 308 g/mol. The molecule has 1 aromatic carbocycles. The zero-order valence-electron chi connectivity index (χ0n) is 11.0. The van der Waals surface area contributed by atoms with Gasteiger partial charge in [0.05, 0.1) is 5.02 Å². The third-order valence-corrected chi connectivity index (χ3v) is 4.56. The number of nitrogens with one attached hydrogen (secondary N) is 2. The minimum absolute atomic E-state index is 0.155. The zero-order valence-corrected chi connectivity index (χ0v) is 12.5. The third kappa shape index (κ3) is 3.10. The number of benzene rings is 1. The first-order valence-electron chi connectivity index (χ1n) is 6.42. The number of aliphatic hydroxyl groups is 1. The highest BCUT2D eigenvalue weighted by atomic mass is 35.5. The van der Waals surface area contributed by atoms with Crippen LogP contribution in [-0.2, 0) is 0 Å². The lowest BCUT2D eigenvalue weighted by molar-refractivity contribution is 0.0913. The highest BCUT2D eigenvalue weighted by Crippen LogP contribution is 2.29. The maximum absolute atomic E-state index is 11.9. The molecule has 0 aliphatic rings. The van der Waals surface area contributed by atoms with Gasteiger partial charge in [-0.3, -0.25) is 4.79 Å². The van der Waals surface area contributed by atoms with Crippen LogP contribution in [0.25, 0.3) is 10.1 Å². The third-order valence-electron chi connectivity index (χ3n) is 3.12. The molecule has 4 nitrogen and oxygen atoms in total. The molecule has 1 amide bonds. The monoisotopic (exact) mass is 320 g/mol. The summed E-state index contributed by atoms with van der Waals surface area (Å²) in [5.41, 5.74) is 0.378. The van der Waals surface area contributed by atoms with Crippen LogP contribution in [-0.4, -0.2) is 22.5 Å². The molecular formula is C15H13ClN2O2S. The van der Waals surface area contributed by atoms with Gasteiger partial charge in [-0.15, -0.1) is 11.3 Å². The van der Waals surface area contributed by atoms with E-state index in [9.17, 15) is 9.90 Å². The van der Waals surface area contributed by atoms with Crippen molar-refractivity contribution in [3.63, 3.8) is 0 Å². The average molecular weight is 321 g/mol. The SMILES string of the molecule is O=C(NCC(O)c1cc2ccccc2s1)c1cc(Cl)c[nH]1. The second-order valence-electron chi connectivity index (χ2n) is 4.64. The fourth-order valence-corrected chi connectivity index (χ4v) is 3.27. The number of aromatic amines is 1. The average Bonchev–Trinajstić information content (AvgIpc) is 3.10. The van der Waals surface area contributed by atoms with Crippen molar-refractivity contribution in [2.75, 3.05) is 6.54 Å². The Kier molecular flexibility index (Phi) is 3.96. The molecule has 6 heteroatoms. The number of hydrogen-bond donors (Lipinski definition) is 3. The second kappa shape index (κ2) is 5.89. The Morgan fingerprint density at radius 3 is 2.90 bits per heavy atom. The predicted octanol–water partition coefficient (Wildman–Crippen LogP) is 3.35. The number of rotatable bonds is 4. The molecule has 0 aliphatic carbocycles. The van der Waals surface area contributed by atoms with E-state index in [2.05, 4.69) is 10.3 Å². The number of amides is 1. The van der Waals surface area contributed by atoms with Crippen LogP contribution in [0.1, 0.15) is 21.5 Å². The lowest BCUT2D eigenvalue weighted by Gasteiger charge is -2.09. The van der Waals surface area contributed by atoms with E-state index in [4.69, 9.17) is 11.6 Å². The van der Waals surface area contributed by atoms with E-state index >= 15 is 0 Å². The number of halogens is 1. The van der Waals surface area contributed by atoms with E-state index in [1.165, 1.54) is 11.3 Å². The topological polar surface area (TPSA) is 65.1 Å². The van der Waals surface area contributed by atoms with Crippen molar-refractivity contribution in [1.29, 1.82) is 0 Å². The highest BCUT2D eigenvalue weighted by molar-refractivity contribution is 7.19. The minimum atomic E-state index is -0.725. The molecule has 3 rings (SSSR count). The number of aliphatic hydroxyl groups excluding tert-OH is 1. The number of H-pyrrole nitrogens is 1. The van der Waals surface area contributed by atoms with Crippen molar-refractivity contribution in [1.82, 2.24) is 10.3 Å². The summed E-state index contributed by atoms with van der Waals surface area (Å²) >= 11 is 7.28. The first-order chi connectivity index (χ1) is 10.1. The van der Waals surface area contributed by atoms with Gasteiger partial charge in [0.2, 0.25) is 0 Å². The normalized spacial score (nSPS) is 12.5. The van der Waals surface area contributed by atoms with Crippen LogP contribution in [0.3, 0.4) is 0 Å². The molecule has 108 valence electrons. The summed E-state index contributed by atoms with van der Waals surface area (Å²) < 4.78 is 1.12. The molecule has 0 aliphatic heterocycles. The molecule has 0 saturated heterocycles. The fourth-order valence-electron chi connectivity index (χ4n) is 2.05. The number of carbonyl (C=O) groups is 1. The first kappa shape index (κ1) is 14.1. The van der Waals surface area contributed by atoms with Crippen molar-refractivity contribution < 1.29 is 9.90 Å². The minimum Gasteiger partial charge on any atom is -0.386 e. The van der Waals surface area contributed by atoms with E-state index in [-0.39, 0.29) is 12.5 Å². The molecule has 0 bridgehead atoms. The van der Waals surface area contributed by atoms with Crippen molar-refractivity contribution in [3.8, 4) is 0 Å². The van der Waals surface area contributed by atoms with Gasteiger partial charge in [0, 0.05) is 22.3 Å². The molecule has 2 heterocycles. The van der Waals surface area contributed by atoms with E-state index in [1.807, 2.05) is 30.3 Å². The van der Waals surface area contributed by atoms with E-state index in [1.54, 1.807) is 12.3 Å². The van der Waals surface area contributed by atoms with Gasteiger partial charge in [0.1, 0.15) is 11.8 Å². The summed E-state index contributed by atoms with van der Waals surface area (Å²) in [5, 5.41) is 14.4. The van der Waals surface area contributed by atoms with Crippen LogP contribution in [0.5, 0.6) is 0 Å². The number of hydrogen-bond acceptors (Lipinski definition) is 3. The van der Waals surface area contributed by atoms with E-state index in [0.29, 0.717) is 10.7 Å². The maximum Gasteiger partial charge on any atom is 0.267 e. The van der Waals surface area contributed by atoms with Crippen molar-refractivity contribution in [3.05, 3.63) is 58.2 Å². The van der Waals surface area contributed by atoms with Crippen LogP contribution >= 0.6 is 22.9 Å². The molecule has 3 aromatic rings. The molecule has 1 unspecified atom stereocenters. The van der Waals surface area contributed by atoms with Crippen molar-refractivity contribution in [2.24, 2.45) is 0 Å². The Morgan fingerprint density at radius 1 is 1.38 bits per heavy atom. The van der Waals surface area contributed by atoms with Crippen LogP contribution < -0.4 is 5.32 Å². The number of aromatic nitrogens is 1. The Balaban J connectivity index is 1.66. The predicted molar refractivity (Wildman–Crippen MR) is 84.9 cm³/mol. The molecule has 0 saturated carbocycles. The standard InChI is InChI=1S/C15H13ClN2O2S/c16-10-6-11(17-7-10)15(20)18-8-12(19)14-5-9-3-1-2-4-13(9)21-14/h1-7,12,17,19H,8H2,(H,18,20). The van der Waals surface area contributed by atoms with Crippen LogP contribution in [0.2, 0.25) is 5.02 Å². The summed E-state index contributed by atoms with van der Waals surface area (Å²) in [5.74, 6) is -0.290. The molecule has 0 radical (unpaired) electrons. The summed E-state index contributed by atoms with van der Waals surface area (Å²) in [6.45, 7) is 0.155. The highest BCUT2D eigenvalue weighted by Gasteiger charge is 2.14. The largest absolute Gasteiger partial charge is 0.386 e. The van der Waals surface area contributed by atoms with E-state index < -0.39 is 6.10 Å². The summed E-state index contributed by atoms with van der Waals surface area (Å²) in [7, 11) is 0. The number of fused-ring (bicyclic) bond motifs is 1. The Hall–Kier alpha value is -1.82. The Morgan fingerprint density at radius 2 is 2.19 bits per heavy atom. The fraction of sp³-hybridized carbons (Fsp3) is 0.133. The number of carbonyl (C=O) groups excluding carboxylic acids is 1. The summed E-state index contributed by atoms with van der Waals surface area (Å²) in [6, 6.07) is 11.4. The maximum atomic E-state index is 11.9. The van der Waals surface area contributed by atoms with Gasteiger partial charge in [0.15, 0.2) is 0 Å². The van der Waals surface area contributed by atoms with Gasteiger partial charge < -0.3 is 15.4 Å². The lowest BCUT2D eigenvalue weighted by Crippen LogP contribution is -2.28. The van der Waals surface area contributed by atoms with Crippen molar-refractivity contribution in [2.45, 2.75) is 6.10 Å². The molecule has 2 aromatic heterocycles. The smallest absolute Gasteiger partial charge is 0.267 e. The van der Waals surface area contributed by atoms with Crippen LogP contribution in [0.4, 0.5) is 0 Å². The summed E-state index contributed by atoms with van der Waals surface area (Å²) in [6.07, 6.45) is 0.815. The lowest BCUT2D eigenvalue weighted by atomic mass is 10.2. The van der Waals surface area contributed by atoms with Crippen LogP contribution in [0, 0.1) is 0 Å². The van der Waals surface area contributed by atoms with Gasteiger partial charge in [-0.2, -0.15) is 0 Å². The van der Waals surface area contributed by atoms with Gasteiger partial charge in [-0.05, 0) is 23.6 Å². The first-order valence-corrected chi connectivity index (χ1v) is 7.61. The molecule has 21 heavy (non-hydrogen) atoms. The Bertz CT molecular complexity index is 748. The molecule has 1 atom stereocenters. The molecule has 0 spiro atoms. The van der Waals surface area contributed by atoms with Gasteiger partial charge >= 0.3 is 0 Å².